The van der Waals surface area contributed by atoms with Gasteiger partial charge in [0, 0.05) is 0 Å². The van der Waals surface area contributed by atoms with Crippen molar-refractivity contribution < 1.29 is 10.5 Å². The highest BCUT2D eigenvalue weighted by atomic mass is 16.1. The number of nitrogens with one attached hydrogen (secondary N) is 1. The number of piperidine rings is 1. The van der Waals surface area contributed by atoms with E-state index in [1.807, 2.05) is 0 Å². The number of carbonyl (C=O) groups excluding carboxylic acids is 1. The van der Waals surface area contributed by atoms with Crippen molar-refractivity contribution in [2.45, 2.75) is 38.6 Å². The molecule has 1 saturated heterocycles. The fourth-order valence-corrected chi connectivity index (χ4v) is 1.91. The molecule has 2 unspecified atom stereocenters. The van der Waals surface area contributed by atoms with Crippen molar-refractivity contribution >= 4 is 5.91 Å². The molecule has 1 amide bonds. The van der Waals surface area contributed by atoms with Gasteiger partial charge in [0.2, 0.25) is 0 Å². The molecule has 1 heterocycles. The highest BCUT2D eigenvalue weighted by molar-refractivity contribution is 5.71. The Morgan fingerprint density at radius 3 is 3.00 bits per heavy atom. The average Bonchev–Trinajstić information content (AvgIpc) is 2.05. The first-order chi connectivity index (χ1) is 5.74. The molecule has 1 rings (SSSR count). The van der Waals surface area contributed by atoms with E-state index in [1.165, 1.54) is 19.3 Å². The molecule has 2 atom stereocenters. The van der Waals surface area contributed by atoms with Crippen LogP contribution >= 0.6 is 0 Å². The van der Waals surface area contributed by atoms with Crippen molar-refractivity contribution in [3.05, 3.63) is 0 Å². The first kappa shape index (κ1) is 9.68. The van der Waals surface area contributed by atoms with E-state index in [2.05, 4.69) is 18.0 Å². The number of rotatable bonds is 3. The summed E-state index contributed by atoms with van der Waals surface area (Å²) in [6, 6.07) is 0.0373. The summed E-state index contributed by atoms with van der Waals surface area (Å²) in [6.07, 6.45) is 4.70. The van der Waals surface area contributed by atoms with Gasteiger partial charge in [0.05, 0.1) is 0 Å². The Morgan fingerprint density at radius 2 is 2.42 bits per heavy atom. The van der Waals surface area contributed by atoms with Gasteiger partial charge in [0.15, 0.2) is 0 Å². The van der Waals surface area contributed by atoms with Crippen LogP contribution in [0.25, 0.3) is 0 Å². The summed E-state index contributed by atoms with van der Waals surface area (Å²) in [6.45, 7) is 3.18. The lowest BCUT2D eigenvalue weighted by Gasteiger charge is -2.26. The Bertz CT molecular complexity index is 157. The monoisotopic (exact) mass is 171 g/mol. The lowest BCUT2D eigenvalue weighted by Crippen LogP contribution is -2.66. The number of carbonyl (C=O) groups is 1. The topological polar surface area (TPSA) is 56.7 Å². The number of quaternary nitrogens is 1. The van der Waals surface area contributed by atoms with Crippen LogP contribution in [0.4, 0.5) is 0 Å². The maximum absolute atomic E-state index is 11.0. The van der Waals surface area contributed by atoms with Crippen LogP contribution in [-0.2, 0) is 4.79 Å². The zero-order valence-electron chi connectivity index (χ0n) is 7.81. The van der Waals surface area contributed by atoms with Crippen molar-refractivity contribution in [2.24, 2.45) is 5.92 Å². The normalized spacial score (nSPS) is 30.2. The number of amides is 1. The molecule has 0 saturated carbocycles. The fourth-order valence-electron chi connectivity index (χ4n) is 1.91. The summed E-state index contributed by atoms with van der Waals surface area (Å²) >= 11 is 0. The van der Waals surface area contributed by atoms with E-state index in [0.29, 0.717) is 0 Å². The lowest BCUT2D eigenvalue weighted by molar-refractivity contribution is -0.309. The van der Waals surface area contributed by atoms with E-state index in [1.54, 1.807) is 0 Å². The highest BCUT2D eigenvalue weighted by Crippen LogP contribution is 2.20. The second-order valence-corrected chi connectivity index (χ2v) is 3.65. The highest BCUT2D eigenvalue weighted by Gasteiger charge is 2.26. The van der Waals surface area contributed by atoms with E-state index in [9.17, 15) is 4.79 Å². The molecule has 70 valence electrons. The third-order valence-electron chi connectivity index (χ3n) is 2.60. The zero-order chi connectivity index (χ0) is 8.97. The summed E-state index contributed by atoms with van der Waals surface area (Å²) in [5, 5.41) is 3.19. The van der Waals surface area contributed by atoms with E-state index in [4.69, 9.17) is 0 Å². The molecule has 0 bridgehead atoms. The third-order valence-corrected chi connectivity index (χ3v) is 2.60. The summed E-state index contributed by atoms with van der Waals surface area (Å²) in [5.41, 5.74) is 3.46. The molecule has 1 aliphatic heterocycles. The Labute approximate surface area is 73.7 Å². The van der Waals surface area contributed by atoms with Crippen molar-refractivity contribution in [1.82, 2.24) is 5.32 Å². The predicted molar refractivity (Wildman–Crippen MR) is 47.3 cm³/mol. The molecule has 0 spiro atoms. The van der Waals surface area contributed by atoms with Gasteiger partial charge < -0.3 is 5.32 Å². The smallest absolute Gasteiger partial charge is 0.302 e. The van der Waals surface area contributed by atoms with Gasteiger partial charge in [-0.2, -0.15) is 0 Å². The molecule has 0 aliphatic carbocycles. The van der Waals surface area contributed by atoms with Crippen LogP contribution in [-0.4, -0.2) is 18.5 Å². The molecule has 1 fully saturated rings. The molecule has 3 heteroatoms. The van der Waals surface area contributed by atoms with Crippen LogP contribution in [0.2, 0.25) is 0 Å². The minimum Gasteiger partial charge on any atom is -0.302 e. The van der Waals surface area contributed by atoms with Crippen molar-refractivity contribution in [3.63, 3.8) is 0 Å². The minimum atomic E-state index is 0.0373. The van der Waals surface area contributed by atoms with Gasteiger partial charge in [0.25, 0.3) is 0 Å². The van der Waals surface area contributed by atoms with Gasteiger partial charge in [-0.15, -0.1) is 0 Å². The second kappa shape index (κ2) is 4.58. The fraction of sp³-hybridized carbons (Fsp3) is 0.889. The average molecular weight is 171 g/mol. The van der Waals surface area contributed by atoms with Crippen LogP contribution in [0, 0.1) is 5.92 Å². The molecule has 3 nitrogen and oxygen atoms in total. The van der Waals surface area contributed by atoms with Crippen LogP contribution in [0.3, 0.4) is 0 Å². The van der Waals surface area contributed by atoms with Crippen LogP contribution in [0.15, 0.2) is 0 Å². The molecule has 0 aromatic heterocycles. The molecule has 12 heavy (non-hydrogen) atoms. The van der Waals surface area contributed by atoms with Crippen molar-refractivity contribution in [3.8, 4) is 0 Å². The quantitative estimate of drug-likeness (QED) is 0.624. The standard InChI is InChI=1S/C9H18N2O/c1-2-3-7-4-5-11-8(6-7)9(10)12/h7-8,11H,2-6H2,1H3,(H2,10,12)/p+1. The maximum atomic E-state index is 11.0. The van der Waals surface area contributed by atoms with Gasteiger partial charge >= 0.3 is 5.91 Å². The summed E-state index contributed by atoms with van der Waals surface area (Å²) in [7, 11) is 0. The Hall–Kier alpha value is -0.410. The molecule has 4 N–H and O–H groups in total. The van der Waals surface area contributed by atoms with E-state index < -0.39 is 0 Å². The Morgan fingerprint density at radius 1 is 1.67 bits per heavy atom. The Kier molecular flexibility index (Phi) is 3.69. The maximum Gasteiger partial charge on any atom is 0.325 e. The number of hydrogen-bond donors (Lipinski definition) is 2. The minimum absolute atomic E-state index is 0.0373. The molecular weight excluding hydrogens is 152 g/mol. The Balaban J connectivity index is 2.35. The van der Waals surface area contributed by atoms with Crippen molar-refractivity contribution in [1.29, 1.82) is 0 Å². The van der Waals surface area contributed by atoms with Gasteiger partial charge in [-0.05, 0) is 25.3 Å². The van der Waals surface area contributed by atoms with E-state index in [0.717, 1.165) is 18.9 Å². The van der Waals surface area contributed by atoms with Crippen LogP contribution in [0.5, 0.6) is 0 Å². The van der Waals surface area contributed by atoms with Gasteiger partial charge in [-0.1, -0.05) is 19.8 Å². The number of hydrogen-bond acceptors (Lipinski definition) is 2. The largest absolute Gasteiger partial charge is 0.325 e. The second-order valence-electron chi connectivity index (χ2n) is 3.65. The zero-order valence-corrected chi connectivity index (χ0v) is 7.81. The lowest BCUT2D eigenvalue weighted by atomic mass is 9.89. The van der Waals surface area contributed by atoms with E-state index in [-0.39, 0.29) is 11.9 Å². The first-order valence-corrected chi connectivity index (χ1v) is 4.83. The molecular formula is C9H19N2O+. The predicted octanol–water partition coefficient (Wildman–Crippen LogP) is -0.0768. The van der Waals surface area contributed by atoms with Crippen LogP contribution < -0.4 is 11.1 Å². The molecule has 1 aliphatic rings. The van der Waals surface area contributed by atoms with Crippen LogP contribution in [0.1, 0.15) is 32.6 Å². The third kappa shape index (κ3) is 2.57. The SMILES string of the molecule is CCCC1CCNC(C([NH3+])=O)C1. The first-order valence-electron chi connectivity index (χ1n) is 4.83. The van der Waals surface area contributed by atoms with Gasteiger partial charge in [-0.25, -0.2) is 4.79 Å². The summed E-state index contributed by atoms with van der Waals surface area (Å²) in [4.78, 5) is 11.0. The molecule has 0 aromatic carbocycles. The van der Waals surface area contributed by atoms with Crippen molar-refractivity contribution in [2.75, 3.05) is 6.54 Å². The van der Waals surface area contributed by atoms with Gasteiger partial charge in [0.1, 0.15) is 6.04 Å². The summed E-state index contributed by atoms with van der Waals surface area (Å²) in [5.74, 6) is 0.794. The van der Waals surface area contributed by atoms with E-state index >= 15 is 0 Å². The summed E-state index contributed by atoms with van der Waals surface area (Å²) < 4.78 is 0. The molecule has 0 aromatic rings. The molecule has 0 radical (unpaired) electrons. The van der Waals surface area contributed by atoms with Gasteiger partial charge in [-0.3, -0.25) is 5.73 Å².